The molecule has 1 nitrogen and oxygen atoms in total. The fourth-order valence-electron chi connectivity index (χ4n) is 3.00. The van der Waals surface area contributed by atoms with Crippen LogP contribution in [0.2, 0.25) is 0 Å². The number of phenolic OH excluding ortho intramolecular Hbond substituents is 1. The number of phenols is 1. The van der Waals surface area contributed by atoms with Crippen LogP contribution in [0.5, 0.6) is 5.75 Å². The lowest BCUT2D eigenvalue weighted by Crippen LogP contribution is -2.02. The molecule has 0 aliphatic rings. The van der Waals surface area contributed by atoms with Gasteiger partial charge in [0.1, 0.15) is 5.75 Å². The Kier molecular flexibility index (Phi) is 6.51. The Morgan fingerprint density at radius 3 is 2.09 bits per heavy atom. The quantitative estimate of drug-likeness (QED) is 0.665. The summed E-state index contributed by atoms with van der Waals surface area (Å²) in [5, 5.41) is 10.0. The minimum Gasteiger partial charge on any atom is -0.508 e. The van der Waals surface area contributed by atoms with E-state index in [0.29, 0.717) is 5.75 Å². The molecule has 1 heteroatoms. The van der Waals surface area contributed by atoms with Crippen molar-refractivity contribution in [1.29, 1.82) is 0 Å². The molecule has 0 aliphatic carbocycles. The molecule has 0 heterocycles. The minimum absolute atomic E-state index is 0.405. The molecule has 0 unspecified atom stereocenters. The van der Waals surface area contributed by atoms with Crippen LogP contribution in [0.15, 0.2) is 42.5 Å². The van der Waals surface area contributed by atoms with Gasteiger partial charge < -0.3 is 5.11 Å². The standard InChI is InChI=1S/C21H28O/c1-3-5-10-17-12-9-13-18(20(17)14-6-4-2)16-19-11-7-8-15-21(19)22/h7-9,11-13,15,22H,3-6,10,14,16H2,1-2H3. The van der Waals surface area contributed by atoms with Crippen molar-refractivity contribution in [3.05, 3.63) is 64.7 Å². The number of hydrogen-bond donors (Lipinski definition) is 1. The highest BCUT2D eigenvalue weighted by Gasteiger charge is 2.10. The highest BCUT2D eigenvalue weighted by Crippen LogP contribution is 2.25. The number of para-hydroxylation sites is 1. The average Bonchev–Trinajstić information content (AvgIpc) is 2.54. The molecule has 0 saturated heterocycles. The summed E-state index contributed by atoms with van der Waals surface area (Å²) in [4.78, 5) is 0. The predicted octanol–water partition coefficient (Wildman–Crippen LogP) is 5.67. The van der Waals surface area contributed by atoms with E-state index in [-0.39, 0.29) is 0 Å². The second kappa shape index (κ2) is 8.63. The fourth-order valence-corrected chi connectivity index (χ4v) is 3.00. The largest absolute Gasteiger partial charge is 0.508 e. The van der Waals surface area contributed by atoms with Crippen LogP contribution in [0.1, 0.15) is 61.8 Å². The summed E-state index contributed by atoms with van der Waals surface area (Å²) >= 11 is 0. The molecule has 0 atom stereocenters. The van der Waals surface area contributed by atoms with Crippen molar-refractivity contribution >= 4 is 0 Å². The maximum atomic E-state index is 10.0. The molecule has 0 aromatic heterocycles. The number of rotatable bonds is 8. The van der Waals surface area contributed by atoms with Gasteiger partial charge in [0.2, 0.25) is 0 Å². The molecule has 0 fully saturated rings. The third-order valence-electron chi connectivity index (χ3n) is 4.32. The molecular formula is C21H28O. The fraction of sp³-hybridized carbons (Fsp3) is 0.429. The Morgan fingerprint density at radius 1 is 0.727 bits per heavy atom. The van der Waals surface area contributed by atoms with E-state index in [2.05, 4.69) is 32.0 Å². The van der Waals surface area contributed by atoms with Gasteiger partial charge in [-0.1, -0.05) is 63.1 Å². The summed E-state index contributed by atoms with van der Waals surface area (Å²) in [6.07, 6.45) is 8.08. The molecular weight excluding hydrogens is 268 g/mol. The topological polar surface area (TPSA) is 20.2 Å². The van der Waals surface area contributed by atoms with Crippen LogP contribution < -0.4 is 0 Å². The number of unbranched alkanes of at least 4 members (excludes halogenated alkanes) is 2. The Bertz CT molecular complexity index is 586. The predicted molar refractivity (Wildman–Crippen MR) is 94.6 cm³/mol. The second-order valence-electron chi connectivity index (χ2n) is 6.07. The maximum Gasteiger partial charge on any atom is 0.119 e. The molecule has 2 aromatic rings. The van der Waals surface area contributed by atoms with Gasteiger partial charge in [0.25, 0.3) is 0 Å². The lowest BCUT2D eigenvalue weighted by molar-refractivity contribution is 0.469. The van der Waals surface area contributed by atoms with Gasteiger partial charge in [-0.25, -0.2) is 0 Å². The summed E-state index contributed by atoms with van der Waals surface area (Å²) in [6.45, 7) is 4.49. The van der Waals surface area contributed by atoms with E-state index in [1.54, 1.807) is 6.07 Å². The van der Waals surface area contributed by atoms with Crippen molar-refractivity contribution in [2.24, 2.45) is 0 Å². The summed E-state index contributed by atoms with van der Waals surface area (Å²) in [6, 6.07) is 14.4. The van der Waals surface area contributed by atoms with E-state index < -0.39 is 0 Å². The van der Waals surface area contributed by atoms with Crippen LogP contribution in [-0.2, 0) is 19.3 Å². The number of aromatic hydroxyl groups is 1. The van der Waals surface area contributed by atoms with Crippen LogP contribution >= 0.6 is 0 Å². The molecule has 2 aromatic carbocycles. The van der Waals surface area contributed by atoms with Crippen LogP contribution in [-0.4, -0.2) is 5.11 Å². The van der Waals surface area contributed by atoms with Crippen molar-refractivity contribution < 1.29 is 5.11 Å². The van der Waals surface area contributed by atoms with Crippen molar-refractivity contribution in [1.82, 2.24) is 0 Å². The van der Waals surface area contributed by atoms with E-state index >= 15 is 0 Å². The summed E-state index contributed by atoms with van der Waals surface area (Å²) in [5.41, 5.74) is 5.42. The van der Waals surface area contributed by atoms with Crippen LogP contribution in [0.4, 0.5) is 0 Å². The molecule has 22 heavy (non-hydrogen) atoms. The third-order valence-corrected chi connectivity index (χ3v) is 4.32. The van der Waals surface area contributed by atoms with Gasteiger partial charge in [-0.05, 0) is 54.0 Å². The summed E-state index contributed by atoms with van der Waals surface area (Å²) in [7, 11) is 0. The van der Waals surface area contributed by atoms with E-state index in [9.17, 15) is 5.11 Å². The third kappa shape index (κ3) is 4.37. The number of hydrogen-bond acceptors (Lipinski definition) is 1. The Balaban J connectivity index is 2.30. The number of aryl methyl sites for hydroxylation is 1. The van der Waals surface area contributed by atoms with Crippen molar-refractivity contribution in [2.45, 2.75) is 58.8 Å². The smallest absolute Gasteiger partial charge is 0.119 e. The first-order valence-corrected chi connectivity index (χ1v) is 8.62. The van der Waals surface area contributed by atoms with Gasteiger partial charge in [-0.15, -0.1) is 0 Å². The van der Waals surface area contributed by atoms with Gasteiger partial charge in [-0.3, -0.25) is 0 Å². The Labute approximate surface area is 135 Å². The molecule has 2 rings (SSSR count). The van der Waals surface area contributed by atoms with Crippen molar-refractivity contribution in [3.8, 4) is 5.75 Å². The molecule has 0 aliphatic heterocycles. The van der Waals surface area contributed by atoms with Crippen molar-refractivity contribution in [2.75, 3.05) is 0 Å². The van der Waals surface area contributed by atoms with Crippen molar-refractivity contribution in [3.63, 3.8) is 0 Å². The van der Waals surface area contributed by atoms with E-state index in [1.165, 1.54) is 48.8 Å². The summed E-state index contributed by atoms with van der Waals surface area (Å²) in [5.74, 6) is 0.405. The maximum absolute atomic E-state index is 10.0. The normalized spacial score (nSPS) is 10.8. The van der Waals surface area contributed by atoms with Gasteiger partial charge >= 0.3 is 0 Å². The molecule has 0 radical (unpaired) electrons. The molecule has 0 amide bonds. The van der Waals surface area contributed by atoms with Crippen LogP contribution in [0.25, 0.3) is 0 Å². The molecule has 0 bridgehead atoms. The van der Waals surface area contributed by atoms with E-state index in [0.717, 1.165) is 18.4 Å². The molecule has 1 N–H and O–H groups in total. The van der Waals surface area contributed by atoms with E-state index in [4.69, 9.17) is 0 Å². The van der Waals surface area contributed by atoms with Gasteiger partial charge in [0.05, 0.1) is 0 Å². The lowest BCUT2D eigenvalue weighted by Gasteiger charge is -2.15. The zero-order chi connectivity index (χ0) is 15.8. The number of benzene rings is 2. The van der Waals surface area contributed by atoms with Gasteiger partial charge in [0, 0.05) is 6.42 Å². The highest BCUT2D eigenvalue weighted by atomic mass is 16.3. The monoisotopic (exact) mass is 296 g/mol. The first-order valence-electron chi connectivity index (χ1n) is 8.62. The first kappa shape index (κ1) is 16.6. The Hall–Kier alpha value is -1.76. The summed E-state index contributed by atoms with van der Waals surface area (Å²) < 4.78 is 0. The molecule has 0 spiro atoms. The van der Waals surface area contributed by atoms with Crippen LogP contribution in [0.3, 0.4) is 0 Å². The van der Waals surface area contributed by atoms with Crippen LogP contribution in [0, 0.1) is 0 Å². The zero-order valence-corrected chi connectivity index (χ0v) is 13.9. The second-order valence-corrected chi connectivity index (χ2v) is 6.07. The van der Waals surface area contributed by atoms with E-state index in [1.807, 2.05) is 18.2 Å². The zero-order valence-electron chi connectivity index (χ0n) is 13.9. The van der Waals surface area contributed by atoms with Gasteiger partial charge in [0.15, 0.2) is 0 Å². The lowest BCUT2D eigenvalue weighted by atomic mass is 9.90. The SMILES string of the molecule is CCCCc1cccc(Cc2ccccc2O)c1CCCC. The molecule has 118 valence electrons. The Morgan fingerprint density at radius 2 is 1.36 bits per heavy atom. The minimum atomic E-state index is 0.405. The molecule has 0 saturated carbocycles. The highest BCUT2D eigenvalue weighted by molar-refractivity contribution is 5.42. The average molecular weight is 296 g/mol. The van der Waals surface area contributed by atoms with Gasteiger partial charge in [-0.2, -0.15) is 0 Å². The first-order chi connectivity index (χ1) is 10.8.